The SMILES string of the molecule is Cc1cc(C)c(C#N)c(N2CCN(C(=O)COc3ccc(F)cc3)CC2)n1. The highest BCUT2D eigenvalue weighted by Gasteiger charge is 2.24. The van der Waals surface area contributed by atoms with Gasteiger partial charge < -0.3 is 14.5 Å². The van der Waals surface area contributed by atoms with Crippen molar-refractivity contribution >= 4 is 11.7 Å². The van der Waals surface area contributed by atoms with Gasteiger partial charge in [-0.3, -0.25) is 4.79 Å². The Kier molecular flexibility index (Phi) is 5.55. The van der Waals surface area contributed by atoms with E-state index in [0.29, 0.717) is 43.3 Å². The van der Waals surface area contributed by atoms with Crippen LogP contribution in [-0.2, 0) is 4.79 Å². The number of piperazine rings is 1. The standard InChI is InChI=1S/C20H21FN4O2/c1-14-11-15(2)23-20(18(14)12-22)25-9-7-24(8-10-25)19(26)13-27-17-5-3-16(21)4-6-17/h3-6,11H,7-10,13H2,1-2H3. The summed E-state index contributed by atoms with van der Waals surface area (Å²) in [5.74, 6) is 0.681. The second-order valence-corrected chi connectivity index (χ2v) is 6.50. The number of hydrogen-bond acceptors (Lipinski definition) is 5. The maximum Gasteiger partial charge on any atom is 0.260 e. The Labute approximate surface area is 157 Å². The van der Waals surface area contributed by atoms with Crippen molar-refractivity contribution < 1.29 is 13.9 Å². The lowest BCUT2D eigenvalue weighted by Gasteiger charge is -2.36. The first-order valence-corrected chi connectivity index (χ1v) is 8.77. The average Bonchev–Trinajstić information content (AvgIpc) is 2.67. The van der Waals surface area contributed by atoms with Gasteiger partial charge in [-0.1, -0.05) is 0 Å². The van der Waals surface area contributed by atoms with Crippen LogP contribution in [0.25, 0.3) is 0 Å². The largest absolute Gasteiger partial charge is 0.484 e. The Hall–Kier alpha value is -3.14. The van der Waals surface area contributed by atoms with Crippen molar-refractivity contribution in [3.63, 3.8) is 0 Å². The highest BCUT2D eigenvalue weighted by atomic mass is 19.1. The Morgan fingerprint density at radius 3 is 2.52 bits per heavy atom. The van der Waals surface area contributed by atoms with Gasteiger partial charge in [-0.2, -0.15) is 5.26 Å². The molecule has 0 radical (unpaired) electrons. The van der Waals surface area contributed by atoms with Crippen LogP contribution in [0.1, 0.15) is 16.8 Å². The molecule has 1 fully saturated rings. The van der Waals surface area contributed by atoms with Crippen molar-refractivity contribution in [3.8, 4) is 11.8 Å². The molecule has 0 N–H and O–H groups in total. The van der Waals surface area contributed by atoms with Crippen LogP contribution in [-0.4, -0.2) is 48.6 Å². The fourth-order valence-electron chi connectivity index (χ4n) is 3.12. The number of nitriles is 1. The van der Waals surface area contributed by atoms with Crippen molar-refractivity contribution in [3.05, 3.63) is 53.0 Å². The number of ether oxygens (including phenoxy) is 1. The third-order valence-electron chi connectivity index (χ3n) is 4.55. The number of carbonyl (C=O) groups excluding carboxylic acids is 1. The van der Waals surface area contributed by atoms with Crippen LogP contribution >= 0.6 is 0 Å². The van der Waals surface area contributed by atoms with Crippen molar-refractivity contribution in [2.24, 2.45) is 0 Å². The topological polar surface area (TPSA) is 69.5 Å². The minimum Gasteiger partial charge on any atom is -0.484 e. The van der Waals surface area contributed by atoms with Gasteiger partial charge in [0.15, 0.2) is 6.61 Å². The van der Waals surface area contributed by atoms with Crippen molar-refractivity contribution in [2.45, 2.75) is 13.8 Å². The predicted octanol–water partition coefficient (Wildman–Crippen LogP) is 2.44. The number of nitrogens with zero attached hydrogens (tertiary/aromatic N) is 4. The Morgan fingerprint density at radius 1 is 1.22 bits per heavy atom. The minimum atomic E-state index is -0.346. The van der Waals surface area contributed by atoms with Crippen molar-refractivity contribution in [2.75, 3.05) is 37.7 Å². The van der Waals surface area contributed by atoms with E-state index in [2.05, 4.69) is 11.1 Å². The number of benzene rings is 1. The molecule has 1 amide bonds. The first kappa shape index (κ1) is 18.6. The van der Waals surface area contributed by atoms with E-state index in [9.17, 15) is 14.4 Å². The highest BCUT2D eigenvalue weighted by Crippen LogP contribution is 2.23. The molecular weight excluding hydrogens is 347 g/mol. The molecule has 2 aromatic rings. The molecule has 7 heteroatoms. The molecule has 1 aliphatic rings. The fraction of sp³-hybridized carbons (Fsp3) is 0.350. The number of carbonyl (C=O) groups is 1. The molecule has 0 unspecified atom stereocenters. The molecule has 1 aromatic carbocycles. The molecule has 1 aromatic heterocycles. The number of hydrogen-bond donors (Lipinski definition) is 0. The number of aryl methyl sites for hydroxylation is 2. The van der Waals surface area contributed by atoms with E-state index in [1.54, 1.807) is 4.90 Å². The van der Waals surface area contributed by atoms with Crippen molar-refractivity contribution in [1.82, 2.24) is 9.88 Å². The first-order chi connectivity index (χ1) is 13.0. The number of halogens is 1. The zero-order valence-electron chi connectivity index (χ0n) is 15.4. The van der Waals surface area contributed by atoms with Gasteiger partial charge in [-0.05, 0) is 49.7 Å². The molecule has 0 saturated carbocycles. The third kappa shape index (κ3) is 4.34. The van der Waals surface area contributed by atoms with Gasteiger partial charge in [0.1, 0.15) is 23.5 Å². The highest BCUT2D eigenvalue weighted by molar-refractivity contribution is 5.78. The molecule has 140 valence electrons. The Balaban J connectivity index is 1.58. The molecular formula is C20H21FN4O2. The van der Waals surface area contributed by atoms with Gasteiger partial charge in [0.25, 0.3) is 5.91 Å². The van der Waals surface area contributed by atoms with Gasteiger partial charge in [-0.25, -0.2) is 9.37 Å². The smallest absolute Gasteiger partial charge is 0.260 e. The molecule has 6 nitrogen and oxygen atoms in total. The zero-order valence-corrected chi connectivity index (χ0v) is 15.4. The number of anilines is 1. The lowest BCUT2D eigenvalue weighted by Crippen LogP contribution is -2.50. The quantitative estimate of drug-likeness (QED) is 0.829. The summed E-state index contributed by atoms with van der Waals surface area (Å²) in [4.78, 5) is 20.7. The fourth-order valence-corrected chi connectivity index (χ4v) is 3.12. The molecule has 0 spiro atoms. The molecule has 27 heavy (non-hydrogen) atoms. The van der Waals surface area contributed by atoms with Gasteiger partial charge in [0.05, 0.1) is 5.56 Å². The monoisotopic (exact) mass is 368 g/mol. The number of amides is 1. The normalized spacial score (nSPS) is 14.0. The van der Waals surface area contributed by atoms with Crippen LogP contribution < -0.4 is 9.64 Å². The lowest BCUT2D eigenvalue weighted by molar-refractivity contribution is -0.133. The van der Waals surface area contributed by atoms with Gasteiger partial charge in [0.2, 0.25) is 0 Å². The van der Waals surface area contributed by atoms with E-state index in [1.807, 2.05) is 24.8 Å². The third-order valence-corrected chi connectivity index (χ3v) is 4.55. The number of aromatic nitrogens is 1. The molecule has 3 rings (SSSR count). The van der Waals surface area contributed by atoms with Gasteiger partial charge in [-0.15, -0.1) is 0 Å². The summed E-state index contributed by atoms with van der Waals surface area (Å²) >= 11 is 0. The maximum absolute atomic E-state index is 12.9. The first-order valence-electron chi connectivity index (χ1n) is 8.77. The Bertz CT molecular complexity index is 869. The number of rotatable bonds is 4. The molecule has 0 bridgehead atoms. The van der Waals surface area contributed by atoms with Crippen LogP contribution in [0.5, 0.6) is 5.75 Å². The summed E-state index contributed by atoms with van der Waals surface area (Å²) in [6.07, 6.45) is 0. The molecule has 0 aliphatic carbocycles. The van der Waals surface area contributed by atoms with Gasteiger partial charge in [0, 0.05) is 31.9 Å². The average molecular weight is 368 g/mol. The summed E-state index contributed by atoms with van der Waals surface area (Å²) in [5.41, 5.74) is 2.36. The second-order valence-electron chi connectivity index (χ2n) is 6.50. The lowest BCUT2D eigenvalue weighted by atomic mass is 10.1. The summed E-state index contributed by atoms with van der Waals surface area (Å²) in [6.45, 7) is 6.00. The molecule has 2 heterocycles. The van der Waals surface area contributed by atoms with E-state index in [0.717, 1.165) is 11.3 Å². The molecule has 1 aliphatic heterocycles. The zero-order chi connectivity index (χ0) is 19.4. The molecule has 1 saturated heterocycles. The van der Waals surface area contributed by atoms with Crippen LogP contribution in [0.4, 0.5) is 10.2 Å². The van der Waals surface area contributed by atoms with Crippen LogP contribution in [0, 0.1) is 31.0 Å². The summed E-state index contributed by atoms with van der Waals surface area (Å²) < 4.78 is 18.3. The van der Waals surface area contributed by atoms with Crippen LogP contribution in [0.3, 0.4) is 0 Å². The van der Waals surface area contributed by atoms with Crippen molar-refractivity contribution in [1.29, 1.82) is 5.26 Å². The second kappa shape index (κ2) is 8.04. The number of pyridine rings is 1. The predicted molar refractivity (Wildman–Crippen MR) is 99.1 cm³/mol. The van der Waals surface area contributed by atoms with Crippen LogP contribution in [0.2, 0.25) is 0 Å². The van der Waals surface area contributed by atoms with E-state index in [4.69, 9.17) is 4.74 Å². The maximum atomic E-state index is 12.9. The van der Waals surface area contributed by atoms with Crippen LogP contribution in [0.15, 0.2) is 30.3 Å². The van der Waals surface area contributed by atoms with Gasteiger partial charge >= 0.3 is 0 Å². The van der Waals surface area contributed by atoms with E-state index in [1.165, 1.54) is 24.3 Å². The van der Waals surface area contributed by atoms with E-state index >= 15 is 0 Å². The summed E-state index contributed by atoms with van der Waals surface area (Å²) in [6, 6.07) is 9.71. The van der Waals surface area contributed by atoms with E-state index < -0.39 is 0 Å². The Morgan fingerprint density at radius 2 is 1.89 bits per heavy atom. The summed E-state index contributed by atoms with van der Waals surface area (Å²) in [7, 11) is 0. The molecule has 0 atom stereocenters. The minimum absolute atomic E-state index is 0.0864. The van der Waals surface area contributed by atoms with E-state index in [-0.39, 0.29) is 18.3 Å². The summed E-state index contributed by atoms with van der Waals surface area (Å²) in [5, 5.41) is 9.44.